The van der Waals surface area contributed by atoms with E-state index in [2.05, 4.69) is 254 Å². The van der Waals surface area contributed by atoms with Gasteiger partial charge in [-0.15, -0.1) is 0 Å². The van der Waals surface area contributed by atoms with Crippen LogP contribution in [0.15, 0.2) is 249 Å². The van der Waals surface area contributed by atoms with Crippen LogP contribution in [0.2, 0.25) is 0 Å². The minimum Gasteiger partial charge on any atom is -0.311 e. The van der Waals surface area contributed by atoms with E-state index in [1.54, 1.807) is 0 Å². The van der Waals surface area contributed by atoms with Crippen LogP contribution in [0.1, 0.15) is 0 Å². The highest BCUT2D eigenvalue weighted by Gasteiger charge is 2.15. The van der Waals surface area contributed by atoms with Gasteiger partial charge in [0, 0.05) is 17.1 Å². The predicted octanol–water partition coefficient (Wildman–Crippen LogP) is 16.3. The van der Waals surface area contributed by atoms with Crippen molar-refractivity contribution in [1.29, 1.82) is 0 Å². The average molecular weight is 752 g/mol. The molecular weight excluding hydrogens is 711 g/mol. The molecule has 1 nitrogen and oxygen atoms in total. The molecule has 0 atom stereocenters. The van der Waals surface area contributed by atoms with Gasteiger partial charge in [-0.2, -0.15) is 0 Å². The van der Waals surface area contributed by atoms with Crippen LogP contribution in [0.25, 0.3) is 77.5 Å². The molecule has 0 aliphatic heterocycles. The van der Waals surface area contributed by atoms with Crippen LogP contribution >= 0.6 is 0 Å². The molecule has 0 aliphatic rings. The molecule has 278 valence electrons. The molecule has 0 unspecified atom stereocenters. The Morgan fingerprint density at radius 2 is 0.508 bits per heavy atom. The lowest BCUT2D eigenvalue weighted by molar-refractivity contribution is 1.28. The maximum atomic E-state index is 2.35. The van der Waals surface area contributed by atoms with Crippen LogP contribution in [0.3, 0.4) is 0 Å². The number of fused-ring (bicyclic) bond motifs is 1. The topological polar surface area (TPSA) is 3.24 Å². The van der Waals surface area contributed by atoms with Crippen LogP contribution < -0.4 is 4.90 Å². The van der Waals surface area contributed by atoms with E-state index in [9.17, 15) is 0 Å². The van der Waals surface area contributed by atoms with Crippen LogP contribution in [0.5, 0.6) is 0 Å². The first-order valence-corrected chi connectivity index (χ1v) is 20.2. The van der Waals surface area contributed by atoms with Gasteiger partial charge >= 0.3 is 0 Å². The Kier molecular flexibility index (Phi) is 9.68. The fraction of sp³-hybridized carbons (Fsp3) is 0. The summed E-state index contributed by atoms with van der Waals surface area (Å²) in [4.78, 5) is 2.35. The van der Waals surface area contributed by atoms with Gasteiger partial charge in [0.05, 0.1) is 0 Å². The molecule has 0 saturated heterocycles. The largest absolute Gasteiger partial charge is 0.311 e. The fourth-order valence-corrected chi connectivity index (χ4v) is 8.19. The van der Waals surface area contributed by atoms with Crippen molar-refractivity contribution in [2.75, 3.05) is 4.90 Å². The minimum atomic E-state index is 1.10. The smallest absolute Gasteiger partial charge is 0.0462 e. The van der Waals surface area contributed by atoms with E-state index in [-0.39, 0.29) is 0 Å². The van der Waals surface area contributed by atoms with Crippen molar-refractivity contribution in [3.63, 3.8) is 0 Å². The SMILES string of the molecule is c1ccc(-c2ccc(-c3ccc(N(c4ccc(-c5cccc(-c6ccccc6)c5)cc4)c4ccc(-c5cccc(-c6cccc7ccccc67)c5)cc4)cc3)cc2)cc1. The van der Waals surface area contributed by atoms with Crippen molar-refractivity contribution in [2.24, 2.45) is 0 Å². The monoisotopic (exact) mass is 751 g/mol. The van der Waals surface area contributed by atoms with E-state index in [4.69, 9.17) is 0 Å². The van der Waals surface area contributed by atoms with E-state index < -0.39 is 0 Å². The molecule has 0 aromatic heterocycles. The molecule has 0 radical (unpaired) electrons. The van der Waals surface area contributed by atoms with E-state index in [1.807, 2.05) is 0 Å². The fourth-order valence-electron chi connectivity index (χ4n) is 8.19. The van der Waals surface area contributed by atoms with E-state index in [0.717, 1.165) is 17.1 Å². The summed E-state index contributed by atoms with van der Waals surface area (Å²) < 4.78 is 0. The van der Waals surface area contributed by atoms with Gasteiger partial charge in [0.2, 0.25) is 0 Å². The van der Waals surface area contributed by atoms with Gasteiger partial charge in [-0.1, -0.05) is 200 Å². The van der Waals surface area contributed by atoms with Crippen LogP contribution in [0.4, 0.5) is 17.1 Å². The summed E-state index contributed by atoms with van der Waals surface area (Å²) in [6.45, 7) is 0. The molecule has 10 aromatic rings. The van der Waals surface area contributed by atoms with E-state index in [1.165, 1.54) is 77.5 Å². The lowest BCUT2D eigenvalue weighted by Crippen LogP contribution is -2.09. The van der Waals surface area contributed by atoms with Gasteiger partial charge in [-0.25, -0.2) is 0 Å². The second kappa shape index (κ2) is 16.0. The molecule has 0 bridgehead atoms. The van der Waals surface area contributed by atoms with Crippen molar-refractivity contribution in [3.8, 4) is 66.8 Å². The summed E-state index contributed by atoms with van der Waals surface area (Å²) in [5.41, 5.74) is 17.8. The normalized spacial score (nSPS) is 11.1. The first-order valence-electron chi connectivity index (χ1n) is 20.2. The van der Waals surface area contributed by atoms with Crippen molar-refractivity contribution >= 4 is 27.8 Å². The maximum absolute atomic E-state index is 2.35. The second-order valence-electron chi connectivity index (χ2n) is 15.0. The summed E-state index contributed by atoms with van der Waals surface area (Å²) in [5, 5.41) is 2.52. The standard InChI is InChI=1S/C58H41N/c1-3-12-42(13-4-1)44-24-26-45(27-25-44)46-28-34-54(35-29-46)59(55-36-30-47(31-37-55)51-19-9-18-50(40-51)43-14-5-2-6-15-43)56-38-32-48(33-39-56)52-20-10-21-53(41-52)58-23-11-17-49-16-7-8-22-57(49)58/h1-41H. The Morgan fingerprint density at radius 3 is 1.00 bits per heavy atom. The number of nitrogens with zero attached hydrogens (tertiary/aromatic N) is 1. The third-order valence-corrected chi connectivity index (χ3v) is 11.3. The van der Waals surface area contributed by atoms with Crippen molar-refractivity contribution in [3.05, 3.63) is 249 Å². The molecule has 0 aliphatic carbocycles. The second-order valence-corrected chi connectivity index (χ2v) is 15.0. The molecular formula is C58H41N. The molecule has 1 heteroatoms. The maximum Gasteiger partial charge on any atom is 0.0462 e. The van der Waals surface area contributed by atoms with Gasteiger partial charge in [0.15, 0.2) is 0 Å². The number of anilines is 3. The molecule has 10 aromatic carbocycles. The highest BCUT2D eigenvalue weighted by Crippen LogP contribution is 2.39. The molecule has 0 amide bonds. The molecule has 0 N–H and O–H groups in total. The zero-order valence-corrected chi connectivity index (χ0v) is 32.6. The Hall–Kier alpha value is -7.74. The Bertz CT molecular complexity index is 2980. The van der Waals surface area contributed by atoms with Gasteiger partial charge in [0.1, 0.15) is 0 Å². The van der Waals surface area contributed by atoms with Crippen molar-refractivity contribution in [2.45, 2.75) is 0 Å². The highest BCUT2D eigenvalue weighted by molar-refractivity contribution is 5.97. The first kappa shape index (κ1) is 35.7. The summed E-state index contributed by atoms with van der Waals surface area (Å²) in [5.74, 6) is 0. The summed E-state index contributed by atoms with van der Waals surface area (Å²) >= 11 is 0. The molecule has 0 heterocycles. The predicted molar refractivity (Wildman–Crippen MR) is 251 cm³/mol. The zero-order valence-electron chi connectivity index (χ0n) is 32.6. The van der Waals surface area contributed by atoms with Gasteiger partial charge in [0.25, 0.3) is 0 Å². The Labute approximate surface area is 346 Å². The van der Waals surface area contributed by atoms with Gasteiger partial charge in [-0.05, 0) is 126 Å². The molecule has 0 spiro atoms. The number of hydrogen-bond donors (Lipinski definition) is 0. The molecule has 10 rings (SSSR count). The number of rotatable bonds is 9. The van der Waals surface area contributed by atoms with Crippen LogP contribution in [0, 0.1) is 0 Å². The zero-order chi connectivity index (χ0) is 39.4. The third-order valence-electron chi connectivity index (χ3n) is 11.3. The third kappa shape index (κ3) is 7.46. The van der Waals surface area contributed by atoms with E-state index in [0.29, 0.717) is 0 Å². The van der Waals surface area contributed by atoms with Crippen LogP contribution in [-0.2, 0) is 0 Å². The Morgan fingerprint density at radius 1 is 0.203 bits per heavy atom. The molecule has 0 fully saturated rings. The summed E-state index contributed by atoms with van der Waals surface area (Å²) in [6, 6.07) is 89.7. The lowest BCUT2D eigenvalue weighted by Gasteiger charge is -2.26. The summed E-state index contributed by atoms with van der Waals surface area (Å²) in [6.07, 6.45) is 0. The lowest BCUT2D eigenvalue weighted by atomic mass is 9.95. The van der Waals surface area contributed by atoms with Gasteiger partial charge < -0.3 is 4.90 Å². The number of hydrogen-bond acceptors (Lipinski definition) is 1. The first-order chi connectivity index (χ1) is 29.2. The molecule has 0 saturated carbocycles. The van der Waals surface area contributed by atoms with Crippen molar-refractivity contribution in [1.82, 2.24) is 0 Å². The van der Waals surface area contributed by atoms with Gasteiger partial charge in [-0.3, -0.25) is 0 Å². The van der Waals surface area contributed by atoms with Crippen molar-refractivity contribution < 1.29 is 0 Å². The minimum absolute atomic E-state index is 1.10. The molecule has 59 heavy (non-hydrogen) atoms. The average Bonchev–Trinajstić information content (AvgIpc) is 3.33. The van der Waals surface area contributed by atoms with Crippen LogP contribution in [-0.4, -0.2) is 0 Å². The Balaban J connectivity index is 0.984. The number of benzene rings is 10. The summed E-state index contributed by atoms with van der Waals surface area (Å²) in [7, 11) is 0. The van der Waals surface area contributed by atoms with E-state index >= 15 is 0 Å². The highest BCUT2D eigenvalue weighted by atomic mass is 15.1. The quantitative estimate of drug-likeness (QED) is 0.142.